The van der Waals surface area contributed by atoms with Crippen molar-refractivity contribution in [1.29, 1.82) is 0 Å². The summed E-state index contributed by atoms with van der Waals surface area (Å²) in [4.78, 5) is 14.2. The molecule has 2 aromatic rings. The van der Waals surface area contributed by atoms with Crippen LogP contribution in [0, 0.1) is 10.1 Å². The van der Waals surface area contributed by atoms with E-state index in [1.54, 1.807) is 12.1 Å². The highest BCUT2D eigenvalue weighted by molar-refractivity contribution is 9.09. The third kappa shape index (κ3) is 3.36. The van der Waals surface area contributed by atoms with E-state index in [1.807, 2.05) is 0 Å². The van der Waals surface area contributed by atoms with Crippen LogP contribution in [-0.2, 0) is 6.54 Å². The Morgan fingerprint density at radius 1 is 1.42 bits per heavy atom. The maximum Gasteiger partial charge on any atom is 0.269 e. The maximum absolute atomic E-state index is 10.5. The summed E-state index contributed by atoms with van der Waals surface area (Å²) in [5.74, 6) is 0.469. The number of non-ortho nitro benzene ring substituents is 1. The van der Waals surface area contributed by atoms with E-state index in [4.69, 9.17) is 0 Å². The minimum absolute atomic E-state index is 0.0258. The molecule has 0 aliphatic rings. The van der Waals surface area contributed by atoms with Gasteiger partial charge in [-0.15, -0.1) is 0 Å². The van der Waals surface area contributed by atoms with Crippen LogP contribution < -0.4 is 0 Å². The fourth-order valence-corrected chi connectivity index (χ4v) is 1.72. The molecule has 0 radical (unpaired) electrons. The number of aromatic nitrogens is 3. The molecule has 1 aromatic carbocycles. The van der Waals surface area contributed by atoms with Gasteiger partial charge in [-0.1, -0.05) is 15.9 Å². The highest BCUT2D eigenvalue weighted by Crippen LogP contribution is 2.18. The van der Waals surface area contributed by atoms with Crippen LogP contribution in [0.1, 0.15) is 0 Å². The highest BCUT2D eigenvalue weighted by atomic mass is 79.9. The number of halogens is 1. The Balaban J connectivity index is 2.16. The number of hydrogen-bond donors (Lipinski definition) is 1. The Morgan fingerprint density at radius 3 is 2.68 bits per heavy atom. The molecule has 0 bridgehead atoms. The van der Waals surface area contributed by atoms with Crippen molar-refractivity contribution in [1.82, 2.24) is 14.8 Å². The van der Waals surface area contributed by atoms with Crippen molar-refractivity contribution in [3.8, 4) is 11.4 Å². The standard InChI is InChI=1S/C11H11BrN4O3/c12-5-10(17)6-15-7-13-11(14-15)8-1-3-9(4-2-8)16(18)19/h1-4,7,10,17H,5-6H2. The lowest BCUT2D eigenvalue weighted by atomic mass is 10.2. The molecule has 0 aliphatic carbocycles. The predicted octanol–water partition coefficient (Wildman–Crippen LogP) is 1.61. The van der Waals surface area contributed by atoms with Gasteiger partial charge in [-0.05, 0) is 12.1 Å². The van der Waals surface area contributed by atoms with Crippen molar-refractivity contribution in [2.24, 2.45) is 0 Å². The summed E-state index contributed by atoms with van der Waals surface area (Å²) in [6, 6.07) is 6.00. The Labute approximate surface area is 117 Å². The van der Waals surface area contributed by atoms with Crippen LogP contribution in [-0.4, -0.2) is 36.2 Å². The van der Waals surface area contributed by atoms with E-state index in [-0.39, 0.29) is 5.69 Å². The predicted molar refractivity (Wildman–Crippen MR) is 71.9 cm³/mol. The van der Waals surface area contributed by atoms with Gasteiger partial charge in [-0.3, -0.25) is 10.1 Å². The number of aliphatic hydroxyl groups excluding tert-OH is 1. The topological polar surface area (TPSA) is 94.1 Å². The second-order valence-electron chi connectivity index (χ2n) is 3.90. The first kappa shape index (κ1) is 13.6. The fraction of sp³-hybridized carbons (Fsp3) is 0.273. The van der Waals surface area contributed by atoms with Crippen molar-refractivity contribution in [3.63, 3.8) is 0 Å². The van der Waals surface area contributed by atoms with Crippen molar-refractivity contribution in [2.45, 2.75) is 12.6 Å². The summed E-state index contributed by atoms with van der Waals surface area (Å²) in [6.45, 7) is 0.339. The molecule has 1 N–H and O–H groups in total. The monoisotopic (exact) mass is 326 g/mol. The molecule has 1 heterocycles. The number of aliphatic hydroxyl groups is 1. The average molecular weight is 327 g/mol. The Bertz CT molecular complexity index is 570. The van der Waals surface area contributed by atoms with Gasteiger partial charge in [0.15, 0.2) is 5.82 Å². The number of nitro groups is 1. The molecule has 100 valence electrons. The normalized spacial score (nSPS) is 12.3. The zero-order valence-electron chi connectivity index (χ0n) is 9.81. The van der Waals surface area contributed by atoms with Crippen molar-refractivity contribution < 1.29 is 10.0 Å². The molecule has 0 saturated carbocycles. The molecular formula is C11H11BrN4O3. The number of alkyl halides is 1. The van der Waals surface area contributed by atoms with Gasteiger partial charge in [0, 0.05) is 23.0 Å². The van der Waals surface area contributed by atoms with Gasteiger partial charge in [-0.2, -0.15) is 5.10 Å². The molecule has 1 atom stereocenters. The van der Waals surface area contributed by atoms with Crippen molar-refractivity contribution in [2.75, 3.05) is 5.33 Å². The van der Waals surface area contributed by atoms with Crippen LogP contribution in [0.3, 0.4) is 0 Å². The minimum atomic E-state index is -0.536. The Hall–Kier alpha value is -1.80. The second kappa shape index (κ2) is 5.89. The van der Waals surface area contributed by atoms with E-state index in [2.05, 4.69) is 26.0 Å². The van der Waals surface area contributed by atoms with Crippen LogP contribution in [0.15, 0.2) is 30.6 Å². The van der Waals surface area contributed by atoms with E-state index >= 15 is 0 Å². The van der Waals surface area contributed by atoms with Gasteiger partial charge in [0.05, 0.1) is 17.6 Å². The molecule has 0 amide bonds. The quantitative estimate of drug-likeness (QED) is 0.511. The molecule has 2 rings (SSSR count). The lowest BCUT2D eigenvalue weighted by Gasteiger charge is -2.05. The molecule has 0 aliphatic heterocycles. The van der Waals surface area contributed by atoms with Crippen LogP contribution in [0.4, 0.5) is 5.69 Å². The van der Waals surface area contributed by atoms with Gasteiger partial charge in [-0.25, -0.2) is 9.67 Å². The molecule has 0 saturated heterocycles. The average Bonchev–Trinajstić information content (AvgIpc) is 2.87. The van der Waals surface area contributed by atoms with Gasteiger partial charge in [0.1, 0.15) is 6.33 Å². The first-order valence-electron chi connectivity index (χ1n) is 5.48. The van der Waals surface area contributed by atoms with Crippen LogP contribution in [0.5, 0.6) is 0 Å². The van der Waals surface area contributed by atoms with E-state index in [0.29, 0.717) is 23.3 Å². The number of nitro benzene ring substituents is 1. The maximum atomic E-state index is 10.5. The molecule has 19 heavy (non-hydrogen) atoms. The summed E-state index contributed by atoms with van der Waals surface area (Å²) in [7, 11) is 0. The molecular weight excluding hydrogens is 316 g/mol. The molecule has 1 aromatic heterocycles. The second-order valence-corrected chi connectivity index (χ2v) is 4.55. The lowest BCUT2D eigenvalue weighted by molar-refractivity contribution is -0.384. The van der Waals surface area contributed by atoms with E-state index in [1.165, 1.54) is 23.1 Å². The molecule has 8 heteroatoms. The third-order valence-corrected chi connectivity index (χ3v) is 3.20. The summed E-state index contributed by atoms with van der Waals surface area (Å²) in [5.41, 5.74) is 0.718. The Kier molecular flexibility index (Phi) is 4.23. The van der Waals surface area contributed by atoms with Crippen molar-refractivity contribution >= 4 is 21.6 Å². The zero-order chi connectivity index (χ0) is 13.8. The molecule has 0 spiro atoms. The number of hydrogen-bond acceptors (Lipinski definition) is 5. The van der Waals surface area contributed by atoms with E-state index in [0.717, 1.165) is 0 Å². The van der Waals surface area contributed by atoms with Gasteiger partial charge in [0.25, 0.3) is 5.69 Å². The molecule has 0 fully saturated rings. The SMILES string of the molecule is O=[N+]([O-])c1ccc(-c2ncn(CC(O)CBr)n2)cc1. The summed E-state index contributed by atoms with van der Waals surface area (Å²) < 4.78 is 1.53. The third-order valence-electron chi connectivity index (χ3n) is 2.45. The van der Waals surface area contributed by atoms with Crippen molar-refractivity contribution in [3.05, 3.63) is 40.7 Å². The Morgan fingerprint density at radius 2 is 2.11 bits per heavy atom. The highest BCUT2D eigenvalue weighted by Gasteiger charge is 2.09. The minimum Gasteiger partial charge on any atom is -0.390 e. The van der Waals surface area contributed by atoms with Gasteiger partial charge in [0.2, 0.25) is 0 Å². The van der Waals surface area contributed by atoms with Crippen LogP contribution in [0.25, 0.3) is 11.4 Å². The number of benzene rings is 1. The summed E-state index contributed by atoms with van der Waals surface area (Å²) in [6.07, 6.45) is 0.981. The number of nitrogens with zero attached hydrogens (tertiary/aromatic N) is 4. The largest absolute Gasteiger partial charge is 0.390 e. The van der Waals surface area contributed by atoms with Gasteiger partial charge < -0.3 is 5.11 Å². The summed E-state index contributed by atoms with van der Waals surface area (Å²) in [5, 5.41) is 24.7. The van der Waals surface area contributed by atoms with Crippen LogP contribution >= 0.6 is 15.9 Å². The molecule has 1 unspecified atom stereocenters. The fourth-order valence-electron chi connectivity index (χ4n) is 1.51. The first-order valence-corrected chi connectivity index (χ1v) is 6.60. The van der Waals surface area contributed by atoms with Gasteiger partial charge >= 0.3 is 0 Å². The molecule has 7 nitrogen and oxygen atoms in total. The zero-order valence-corrected chi connectivity index (χ0v) is 11.4. The van der Waals surface area contributed by atoms with E-state index in [9.17, 15) is 15.2 Å². The lowest BCUT2D eigenvalue weighted by Crippen LogP contribution is -2.17. The van der Waals surface area contributed by atoms with Crippen LogP contribution in [0.2, 0.25) is 0 Å². The van der Waals surface area contributed by atoms with E-state index < -0.39 is 11.0 Å². The number of rotatable bonds is 5. The smallest absolute Gasteiger partial charge is 0.269 e. The summed E-state index contributed by atoms with van der Waals surface area (Å²) >= 11 is 3.17. The first-order chi connectivity index (χ1) is 9.10.